The lowest BCUT2D eigenvalue weighted by Gasteiger charge is -2.26. The molecule has 0 aliphatic heterocycles. The molecule has 0 unspecified atom stereocenters. The average Bonchev–Trinajstić information content (AvgIpc) is 2.66. The first-order valence-corrected chi connectivity index (χ1v) is 5.45. The second-order valence-electron chi connectivity index (χ2n) is 4.24. The van der Waals surface area contributed by atoms with Crippen molar-refractivity contribution in [1.29, 1.82) is 0 Å². The predicted molar refractivity (Wildman–Crippen MR) is 57.4 cm³/mol. The van der Waals surface area contributed by atoms with Crippen LogP contribution in [-0.2, 0) is 5.54 Å². The number of ether oxygens (including phenoxy) is 1. The molecule has 1 aromatic rings. The van der Waals surface area contributed by atoms with Gasteiger partial charge in [0, 0.05) is 11.1 Å². The molecule has 0 amide bonds. The van der Waals surface area contributed by atoms with E-state index in [-0.39, 0.29) is 5.75 Å². The van der Waals surface area contributed by atoms with Crippen molar-refractivity contribution in [2.75, 3.05) is 0 Å². The summed E-state index contributed by atoms with van der Waals surface area (Å²) >= 11 is 0. The summed E-state index contributed by atoms with van der Waals surface area (Å²) in [5.74, 6) is 0.210. The molecule has 1 fully saturated rings. The molecule has 0 bridgehead atoms. The SMILES string of the molecule is NC1(c2ccccc2OC(F)F)CCCC1. The zero-order chi connectivity index (χ0) is 11.6. The summed E-state index contributed by atoms with van der Waals surface area (Å²) in [5, 5.41) is 0. The molecule has 0 radical (unpaired) electrons. The molecule has 16 heavy (non-hydrogen) atoms. The van der Waals surface area contributed by atoms with Gasteiger partial charge in [-0.3, -0.25) is 0 Å². The van der Waals surface area contributed by atoms with Crippen LogP contribution in [0.2, 0.25) is 0 Å². The van der Waals surface area contributed by atoms with Gasteiger partial charge in [-0.05, 0) is 18.9 Å². The number of nitrogens with two attached hydrogens (primary N) is 1. The Kier molecular flexibility index (Phi) is 3.10. The molecule has 4 heteroatoms. The van der Waals surface area contributed by atoms with Crippen LogP contribution in [0.3, 0.4) is 0 Å². The van der Waals surface area contributed by atoms with Gasteiger partial charge in [0.1, 0.15) is 5.75 Å². The topological polar surface area (TPSA) is 35.2 Å². The highest BCUT2D eigenvalue weighted by Crippen LogP contribution is 2.40. The third kappa shape index (κ3) is 2.16. The molecule has 0 aromatic heterocycles. The van der Waals surface area contributed by atoms with E-state index >= 15 is 0 Å². The van der Waals surface area contributed by atoms with Crippen LogP contribution in [0.5, 0.6) is 5.75 Å². The molecule has 88 valence electrons. The first kappa shape index (κ1) is 11.3. The van der Waals surface area contributed by atoms with Gasteiger partial charge in [0.25, 0.3) is 0 Å². The van der Waals surface area contributed by atoms with Gasteiger partial charge in [-0.15, -0.1) is 0 Å². The summed E-state index contributed by atoms with van der Waals surface area (Å²) in [4.78, 5) is 0. The van der Waals surface area contributed by atoms with E-state index in [0.717, 1.165) is 25.7 Å². The molecule has 1 saturated carbocycles. The van der Waals surface area contributed by atoms with Crippen LogP contribution >= 0.6 is 0 Å². The van der Waals surface area contributed by atoms with Gasteiger partial charge in [-0.25, -0.2) is 0 Å². The number of alkyl halides is 2. The monoisotopic (exact) mass is 227 g/mol. The minimum absolute atomic E-state index is 0.210. The van der Waals surface area contributed by atoms with Crippen molar-refractivity contribution in [3.8, 4) is 5.75 Å². The maximum absolute atomic E-state index is 12.2. The quantitative estimate of drug-likeness (QED) is 0.861. The minimum Gasteiger partial charge on any atom is -0.434 e. The van der Waals surface area contributed by atoms with Crippen LogP contribution in [0, 0.1) is 0 Å². The van der Waals surface area contributed by atoms with Gasteiger partial charge in [-0.2, -0.15) is 8.78 Å². The average molecular weight is 227 g/mol. The van der Waals surface area contributed by atoms with Gasteiger partial charge in [0.05, 0.1) is 0 Å². The van der Waals surface area contributed by atoms with E-state index in [0.29, 0.717) is 5.56 Å². The second kappa shape index (κ2) is 4.37. The molecular formula is C12H15F2NO. The third-order valence-corrected chi connectivity index (χ3v) is 3.14. The fourth-order valence-electron chi connectivity index (χ4n) is 2.35. The van der Waals surface area contributed by atoms with Gasteiger partial charge in [-0.1, -0.05) is 31.0 Å². The predicted octanol–water partition coefficient (Wildman–Crippen LogP) is 3.02. The number of hydrogen-bond acceptors (Lipinski definition) is 2. The molecule has 1 aliphatic carbocycles. The standard InChI is InChI=1S/C12H15F2NO/c13-11(14)16-10-6-2-1-5-9(10)12(15)7-3-4-8-12/h1-2,5-6,11H,3-4,7-8,15H2. The lowest BCUT2D eigenvalue weighted by molar-refractivity contribution is -0.0510. The van der Waals surface area contributed by atoms with Crippen LogP contribution in [0.15, 0.2) is 24.3 Å². The van der Waals surface area contributed by atoms with Crippen molar-refractivity contribution >= 4 is 0 Å². The first-order valence-electron chi connectivity index (χ1n) is 5.45. The summed E-state index contributed by atoms with van der Waals surface area (Å²) in [6.45, 7) is -2.80. The normalized spacial score (nSPS) is 19.0. The van der Waals surface area contributed by atoms with E-state index in [1.807, 2.05) is 0 Å². The molecule has 0 saturated heterocycles. The molecule has 1 aromatic carbocycles. The lowest BCUT2D eigenvalue weighted by Crippen LogP contribution is -2.33. The maximum atomic E-state index is 12.2. The highest BCUT2D eigenvalue weighted by atomic mass is 19.3. The Hall–Kier alpha value is -1.16. The van der Waals surface area contributed by atoms with Crippen LogP contribution < -0.4 is 10.5 Å². The van der Waals surface area contributed by atoms with Crippen LogP contribution in [-0.4, -0.2) is 6.61 Å². The van der Waals surface area contributed by atoms with Crippen LogP contribution in [0.4, 0.5) is 8.78 Å². The fourth-order valence-corrected chi connectivity index (χ4v) is 2.35. The van der Waals surface area contributed by atoms with Crippen molar-refractivity contribution < 1.29 is 13.5 Å². The lowest BCUT2D eigenvalue weighted by atomic mass is 9.89. The Morgan fingerprint density at radius 2 is 1.81 bits per heavy atom. The molecule has 0 heterocycles. The van der Waals surface area contributed by atoms with E-state index < -0.39 is 12.2 Å². The van der Waals surface area contributed by atoms with E-state index in [1.165, 1.54) is 0 Å². The Balaban J connectivity index is 2.32. The summed E-state index contributed by atoms with van der Waals surface area (Å²) < 4.78 is 29.0. The zero-order valence-corrected chi connectivity index (χ0v) is 8.96. The fraction of sp³-hybridized carbons (Fsp3) is 0.500. The molecule has 1 aliphatic rings. The van der Waals surface area contributed by atoms with Gasteiger partial charge in [0.2, 0.25) is 0 Å². The molecule has 2 rings (SSSR count). The summed E-state index contributed by atoms with van der Waals surface area (Å²) in [7, 11) is 0. The van der Waals surface area contributed by atoms with E-state index in [9.17, 15) is 8.78 Å². The maximum Gasteiger partial charge on any atom is 0.387 e. The van der Waals surface area contributed by atoms with Crippen LogP contribution in [0.25, 0.3) is 0 Å². The Morgan fingerprint density at radius 3 is 2.44 bits per heavy atom. The van der Waals surface area contributed by atoms with Crippen molar-refractivity contribution in [1.82, 2.24) is 0 Å². The first-order chi connectivity index (χ1) is 7.62. The van der Waals surface area contributed by atoms with Crippen molar-refractivity contribution in [3.05, 3.63) is 29.8 Å². The summed E-state index contributed by atoms with van der Waals surface area (Å²) in [6, 6.07) is 6.82. The number of para-hydroxylation sites is 1. The smallest absolute Gasteiger partial charge is 0.387 e. The highest BCUT2D eigenvalue weighted by molar-refractivity contribution is 5.39. The Labute approximate surface area is 93.4 Å². The highest BCUT2D eigenvalue weighted by Gasteiger charge is 2.34. The molecule has 2 nitrogen and oxygen atoms in total. The number of rotatable bonds is 3. The van der Waals surface area contributed by atoms with Crippen molar-refractivity contribution in [2.24, 2.45) is 5.73 Å². The molecule has 2 N–H and O–H groups in total. The Bertz CT molecular complexity index is 362. The molecule has 0 atom stereocenters. The second-order valence-corrected chi connectivity index (χ2v) is 4.24. The van der Waals surface area contributed by atoms with Gasteiger partial charge >= 0.3 is 6.61 Å². The molecular weight excluding hydrogens is 212 g/mol. The zero-order valence-electron chi connectivity index (χ0n) is 8.96. The molecule has 0 spiro atoms. The third-order valence-electron chi connectivity index (χ3n) is 3.14. The Morgan fingerprint density at radius 1 is 1.19 bits per heavy atom. The number of halogens is 2. The minimum atomic E-state index is -2.80. The van der Waals surface area contributed by atoms with Crippen molar-refractivity contribution in [2.45, 2.75) is 37.8 Å². The summed E-state index contributed by atoms with van der Waals surface area (Å²) in [6.07, 6.45) is 3.74. The number of hydrogen-bond donors (Lipinski definition) is 1. The number of benzene rings is 1. The largest absolute Gasteiger partial charge is 0.434 e. The van der Waals surface area contributed by atoms with Crippen LogP contribution in [0.1, 0.15) is 31.2 Å². The summed E-state index contributed by atoms with van der Waals surface area (Å²) in [5.41, 5.74) is 6.44. The van der Waals surface area contributed by atoms with Crippen molar-refractivity contribution in [3.63, 3.8) is 0 Å². The van der Waals surface area contributed by atoms with E-state index in [2.05, 4.69) is 4.74 Å². The van der Waals surface area contributed by atoms with E-state index in [4.69, 9.17) is 5.73 Å². The van der Waals surface area contributed by atoms with E-state index in [1.54, 1.807) is 24.3 Å². The van der Waals surface area contributed by atoms with Gasteiger partial charge in [0.15, 0.2) is 0 Å². The van der Waals surface area contributed by atoms with Gasteiger partial charge < -0.3 is 10.5 Å².